The Labute approximate surface area is 156 Å². The van der Waals surface area contributed by atoms with E-state index < -0.39 is 0 Å². The zero-order valence-electron chi connectivity index (χ0n) is 17.2. The molecule has 1 rings (SSSR count). The molecule has 3 heteroatoms. The van der Waals surface area contributed by atoms with Gasteiger partial charge in [-0.15, -0.1) is 0 Å². The number of hydrogen-bond acceptors (Lipinski definition) is 2. The molecule has 0 bridgehead atoms. The van der Waals surface area contributed by atoms with Crippen LogP contribution in [0, 0.1) is 0 Å². The topological polar surface area (TPSA) is 38.3 Å². The van der Waals surface area contributed by atoms with Crippen LogP contribution in [-0.4, -0.2) is 24.7 Å². The lowest BCUT2D eigenvalue weighted by Gasteiger charge is -2.32. The van der Waals surface area contributed by atoms with E-state index in [4.69, 9.17) is 4.74 Å². The first-order valence-electron chi connectivity index (χ1n) is 10.9. The Balaban J connectivity index is 2.48. The molecule has 0 aromatic carbocycles. The van der Waals surface area contributed by atoms with Gasteiger partial charge in [-0.2, -0.15) is 0 Å². The van der Waals surface area contributed by atoms with Crippen LogP contribution >= 0.6 is 0 Å². The molecular formula is C22H43NO2. The Morgan fingerprint density at radius 3 is 1.56 bits per heavy atom. The van der Waals surface area contributed by atoms with Crippen molar-refractivity contribution in [3.8, 4) is 0 Å². The average molecular weight is 354 g/mol. The maximum atomic E-state index is 12.4. The predicted molar refractivity (Wildman–Crippen MR) is 107 cm³/mol. The lowest BCUT2D eigenvalue weighted by atomic mass is 9.87. The van der Waals surface area contributed by atoms with Crippen molar-refractivity contribution >= 4 is 5.91 Å². The molecule has 1 saturated carbocycles. The summed E-state index contributed by atoms with van der Waals surface area (Å²) in [6, 6.07) is 0. The molecule has 0 aromatic rings. The number of methoxy groups -OCH3 is 1. The lowest BCUT2D eigenvalue weighted by molar-refractivity contribution is -0.125. The van der Waals surface area contributed by atoms with Gasteiger partial charge in [-0.05, 0) is 26.7 Å². The molecule has 0 heterocycles. The van der Waals surface area contributed by atoms with Crippen molar-refractivity contribution in [2.24, 2.45) is 0 Å². The molecule has 0 spiro atoms. The number of ether oxygens (including phenoxy) is 1. The molecule has 148 valence electrons. The fourth-order valence-electron chi connectivity index (χ4n) is 3.96. The first kappa shape index (κ1) is 22.5. The first-order chi connectivity index (χ1) is 12.1. The zero-order valence-corrected chi connectivity index (χ0v) is 17.2. The second-order valence-corrected chi connectivity index (χ2v) is 8.46. The minimum Gasteiger partial charge on any atom is -0.381 e. The number of rotatable bonds is 4. The van der Waals surface area contributed by atoms with E-state index in [-0.39, 0.29) is 17.6 Å². The predicted octanol–water partition coefficient (Wildman–Crippen LogP) is 6.15. The van der Waals surface area contributed by atoms with Crippen LogP contribution in [0.5, 0.6) is 0 Å². The van der Waals surface area contributed by atoms with E-state index in [1.165, 1.54) is 83.5 Å². The number of carbonyl (C=O) groups is 1. The molecule has 1 N–H and O–H groups in total. The number of nitrogens with one attached hydrogen (secondary N) is 1. The lowest BCUT2D eigenvalue weighted by Crippen LogP contribution is -2.46. The summed E-state index contributed by atoms with van der Waals surface area (Å²) < 4.78 is 5.24. The Hall–Kier alpha value is -0.570. The van der Waals surface area contributed by atoms with Gasteiger partial charge in [0.25, 0.3) is 0 Å². The normalized spacial score (nSPS) is 22.8. The van der Waals surface area contributed by atoms with Gasteiger partial charge in [0.15, 0.2) is 0 Å². The average Bonchev–Trinajstić information content (AvgIpc) is 2.57. The van der Waals surface area contributed by atoms with Crippen LogP contribution in [0.1, 0.15) is 117 Å². The van der Waals surface area contributed by atoms with Gasteiger partial charge in [0.1, 0.15) is 0 Å². The summed E-state index contributed by atoms with van der Waals surface area (Å²) in [7, 11) is 1.67. The van der Waals surface area contributed by atoms with E-state index >= 15 is 0 Å². The molecule has 1 atom stereocenters. The fraction of sp³-hybridized carbons (Fsp3) is 0.955. The number of amides is 1. The van der Waals surface area contributed by atoms with Crippen LogP contribution < -0.4 is 5.32 Å². The molecule has 25 heavy (non-hydrogen) atoms. The van der Waals surface area contributed by atoms with Crippen LogP contribution in [-0.2, 0) is 9.53 Å². The highest BCUT2D eigenvalue weighted by atomic mass is 16.5. The number of carbonyl (C=O) groups excluding carboxylic acids is 1. The summed E-state index contributed by atoms with van der Waals surface area (Å²) in [5.41, 5.74) is -0.0401. The van der Waals surface area contributed by atoms with Gasteiger partial charge in [0.2, 0.25) is 5.91 Å². The van der Waals surface area contributed by atoms with Gasteiger partial charge in [0, 0.05) is 12.6 Å². The van der Waals surface area contributed by atoms with Crippen molar-refractivity contribution in [2.75, 3.05) is 7.11 Å². The third-order valence-electron chi connectivity index (χ3n) is 5.77. The molecule has 1 aliphatic carbocycles. The highest BCUT2D eigenvalue weighted by Gasteiger charge is 2.26. The van der Waals surface area contributed by atoms with Crippen LogP contribution in [0.2, 0.25) is 0 Å². The molecule has 1 aliphatic rings. The van der Waals surface area contributed by atoms with E-state index in [0.29, 0.717) is 6.42 Å². The highest BCUT2D eigenvalue weighted by Crippen LogP contribution is 2.24. The summed E-state index contributed by atoms with van der Waals surface area (Å²) >= 11 is 0. The maximum Gasteiger partial charge on any atom is 0.223 e. The Morgan fingerprint density at radius 1 is 0.840 bits per heavy atom. The molecule has 1 amide bonds. The summed E-state index contributed by atoms with van der Waals surface area (Å²) in [6.07, 6.45) is 20.3. The quantitative estimate of drug-likeness (QED) is 0.658. The van der Waals surface area contributed by atoms with Crippen molar-refractivity contribution in [2.45, 2.75) is 128 Å². The molecular weight excluding hydrogens is 310 g/mol. The molecule has 3 nitrogen and oxygen atoms in total. The Bertz CT molecular complexity index is 327. The monoisotopic (exact) mass is 353 g/mol. The van der Waals surface area contributed by atoms with Gasteiger partial charge >= 0.3 is 0 Å². The molecule has 1 fully saturated rings. The first-order valence-corrected chi connectivity index (χ1v) is 10.9. The van der Waals surface area contributed by atoms with Crippen LogP contribution in [0.25, 0.3) is 0 Å². The molecule has 0 aromatic heterocycles. The Morgan fingerprint density at radius 2 is 1.20 bits per heavy atom. The SMILES string of the molecule is COC(C)CC(=O)NC1(C)CCCCCCCCCCCCCCC1. The number of hydrogen-bond donors (Lipinski definition) is 1. The minimum atomic E-state index is -0.0401. The molecule has 0 aliphatic heterocycles. The van der Waals surface area contributed by atoms with Crippen LogP contribution in [0.4, 0.5) is 0 Å². The minimum absolute atomic E-state index is 0.00482. The van der Waals surface area contributed by atoms with Crippen molar-refractivity contribution in [3.63, 3.8) is 0 Å². The van der Waals surface area contributed by atoms with Gasteiger partial charge in [-0.25, -0.2) is 0 Å². The van der Waals surface area contributed by atoms with E-state index in [0.717, 1.165) is 12.8 Å². The van der Waals surface area contributed by atoms with E-state index in [2.05, 4.69) is 12.2 Å². The second-order valence-electron chi connectivity index (χ2n) is 8.46. The van der Waals surface area contributed by atoms with Crippen LogP contribution in [0.3, 0.4) is 0 Å². The van der Waals surface area contributed by atoms with Crippen molar-refractivity contribution in [3.05, 3.63) is 0 Å². The van der Waals surface area contributed by atoms with Gasteiger partial charge < -0.3 is 10.1 Å². The Kier molecular flexibility index (Phi) is 12.2. The zero-order chi connectivity index (χ0) is 18.4. The van der Waals surface area contributed by atoms with Gasteiger partial charge in [-0.1, -0.05) is 83.5 Å². The van der Waals surface area contributed by atoms with Crippen LogP contribution in [0.15, 0.2) is 0 Å². The van der Waals surface area contributed by atoms with Gasteiger partial charge in [0.05, 0.1) is 12.5 Å². The van der Waals surface area contributed by atoms with E-state index in [9.17, 15) is 4.79 Å². The van der Waals surface area contributed by atoms with Crippen molar-refractivity contribution < 1.29 is 9.53 Å². The standard InChI is InChI=1S/C22H43NO2/c1-20(25-3)19-21(24)23-22(2)17-15-13-11-9-7-5-4-6-8-10-12-14-16-18-22/h20H,4-19H2,1-3H3,(H,23,24). The molecule has 1 unspecified atom stereocenters. The fourth-order valence-corrected chi connectivity index (χ4v) is 3.96. The second kappa shape index (κ2) is 13.6. The molecule has 0 saturated heterocycles. The van der Waals surface area contributed by atoms with E-state index in [1.54, 1.807) is 7.11 Å². The summed E-state index contributed by atoms with van der Waals surface area (Å²) in [5.74, 6) is 0.145. The molecule has 0 radical (unpaired) electrons. The highest BCUT2D eigenvalue weighted by molar-refractivity contribution is 5.77. The van der Waals surface area contributed by atoms with Crippen molar-refractivity contribution in [1.29, 1.82) is 0 Å². The summed E-state index contributed by atoms with van der Waals surface area (Å²) in [5, 5.41) is 3.34. The third-order valence-corrected chi connectivity index (χ3v) is 5.77. The summed E-state index contributed by atoms with van der Waals surface area (Å²) in [6.45, 7) is 4.21. The third kappa shape index (κ3) is 11.6. The van der Waals surface area contributed by atoms with E-state index in [1.807, 2.05) is 6.92 Å². The largest absolute Gasteiger partial charge is 0.381 e. The summed E-state index contributed by atoms with van der Waals surface area (Å²) in [4.78, 5) is 12.4. The maximum absolute atomic E-state index is 12.4. The van der Waals surface area contributed by atoms with Crippen molar-refractivity contribution in [1.82, 2.24) is 5.32 Å². The van der Waals surface area contributed by atoms with Gasteiger partial charge in [-0.3, -0.25) is 4.79 Å². The smallest absolute Gasteiger partial charge is 0.223 e.